The first-order valence-corrected chi connectivity index (χ1v) is 9.85. The molecule has 5 heteroatoms. The molecule has 0 spiro atoms. The molecular formula is C25H23N3O2. The smallest absolute Gasteiger partial charge is 0.354 e. The lowest BCUT2D eigenvalue weighted by Gasteiger charge is -2.09. The fourth-order valence-corrected chi connectivity index (χ4v) is 3.72. The molecule has 150 valence electrons. The first kappa shape index (κ1) is 20.9. The van der Waals surface area contributed by atoms with E-state index in [1.165, 1.54) is 0 Å². The number of benzene rings is 2. The van der Waals surface area contributed by atoms with Crippen LogP contribution >= 0.6 is 0 Å². The van der Waals surface area contributed by atoms with Gasteiger partial charge < -0.3 is 9.30 Å². The second kappa shape index (κ2) is 9.11. The quantitative estimate of drug-likeness (QED) is 0.371. The summed E-state index contributed by atoms with van der Waals surface area (Å²) < 4.78 is 7.05. The van der Waals surface area contributed by atoms with Gasteiger partial charge in [0.05, 0.1) is 19.8 Å². The summed E-state index contributed by atoms with van der Waals surface area (Å²) in [5.74, 6) is -0.417. The molecule has 0 atom stereocenters. The average molecular weight is 397 g/mol. The normalized spacial score (nSPS) is 10.3. The number of rotatable bonds is 6. The van der Waals surface area contributed by atoms with Gasteiger partial charge in [0.2, 0.25) is 5.69 Å². The monoisotopic (exact) mass is 397 g/mol. The number of aromatic nitrogens is 1. The Kier molecular flexibility index (Phi) is 6.35. The lowest BCUT2D eigenvalue weighted by atomic mass is 9.99. The highest BCUT2D eigenvalue weighted by Crippen LogP contribution is 2.40. The molecule has 2 aromatic carbocycles. The third-order valence-electron chi connectivity index (χ3n) is 5.09. The average Bonchev–Trinajstić information content (AvgIpc) is 3.06. The van der Waals surface area contributed by atoms with Gasteiger partial charge in [-0.1, -0.05) is 61.0 Å². The second-order valence-corrected chi connectivity index (χ2v) is 6.92. The van der Waals surface area contributed by atoms with E-state index >= 15 is 0 Å². The summed E-state index contributed by atoms with van der Waals surface area (Å²) in [6.07, 6.45) is 1.36. The van der Waals surface area contributed by atoms with E-state index in [4.69, 9.17) is 17.9 Å². The number of esters is 1. The van der Waals surface area contributed by atoms with Crippen molar-refractivity contribution in [2.75, 3.05) is 6.61 Å². The fraction of sp³-hybridized carbons (Fsp3) is 0.240. The summed E-state index contributed by atoms with van der Waals surface area (Å²) in [5, 5.41) is 0. The van der Waals surface area contributed by atoms with Gasteiger partial charge in [-0.15, -0.1) is 0 Å². The molecule has 0 aliphatic heterocycles. The summed E-state index contributed by atoms with van der Waals surface area (Å²) in [6.45, 7) is 18.9. The van der Waals surface area contributed by atoms with E-state index in [0.717, 1.165) is 22.4 Å². The van der Waals surface area contributed by atoms with E-state index in [1.54, 1.807) is 17.6 Å². The summed E-state index contributed by atoms with van der Waals surface area (Å²) in [5.41, 5.74) is 5.97. The van der Waals surface area contributed by atoms with Crippen molar-refractivity contribution in [1.82, 2.24) is 4.57 Å². The Morgan fingerprint density at radius 1 is 1.03 bits per heavy atom. The third-order valence-corrected chi connectivity index (χ3v) is 5.09. The van der Waals surface area contributed by atoms with E-state index in [2.05, 4.69) is 9.69 Å². The van der Waals surface area contributed by atoms with Crippen LogP contribution in [0.2, 0.25) is 0 Å². The molecule has 0 radical (unpaired) electrons. The minimum absolute atomic E-state index is 0.279. The largest absolute Gasteiger partial charge is 0.461 e. The summed E-state index contributed by atoms with van der Waals surface area (Å²) in [4.78, 5) is 19.9. The molecule has 3 aromatic rings. The number of nitrogens with zero attached hydrogens (tertiary/aromatic N) is 3. The lowest BCUT2D eigenvalue weighted by molar-refractivity contribution is 0.0516. The van der Waals surface area contributed by atoms with Crippen LogP contribution in [0.25, 0.3) is 20.8 Å². The van der Waals surface area contributed by atoms with Crippen molar-refractivity contribution in [3.05, 3.63) is 93.9 Å². The minimum atomic E-state index is -0.417. The summed E-state index contributed by atoms with van der Waals surface area (Å²) >= 11 is 0. The van der Waals surface area contributed by atoms with Crippen molar-refractivity contribution >= 4 is 17.3 Å². The highest BCUT2D eigenvalue weighted by molar-refractivity contribution is 6.01. The molecule has 30 heavy (non-hydrogen) atoms. The number of hydrogen-bond acceptors (Lipinski definition) is 2. The zero-order valence-electron chi connectivity index (χ0n) is 17.4. The maximum atomic E-state index is 12.7. The molecule has 5 nitrogen and oxygen atoms in total. The maximum absolute atomic E-state index is 12.7. The van der Waals surface area contributed by atoms with Crippen molar-refractivity contribution in [2.24, 2.45) is 7.05 Å². The van der Waals surface area contributed by atoms with Gasteiger partial charge in [0, 0.05) is 18.3 Å². The van der Waals surface area contributed by atoms with Gasteiger partial charge in [0.15, 0.2) is 5.69 Å². The topological polar surface area (TPSA) is 40.0 Å². The van der Waals surface area contributed by atoms with E-state index in [9.17, 15) is 4.79 Å². The predicted molar refractivity (Wildman–Crippen MR) is 118 cm³/mol. The summed E-state index contributed by atoms with van der Waals surface area (Å²) in [7, 11) is 1.81. The van der Waals surface area contributed by atoms with Crippen LogP contribution in [0.1, 0.15) is 41.2 Å². The molecule has 0 unspecified atom stereocenters. The van der Waals surface area contributed by atoms with Gasteiger partial charge in [-0.25, -0.2) is 14.5 Å². The molecule has 0 saturated carbocycles. The van der Waals surface area contributed by atoms with Gasteiger partial charge in [0.25, 0.3) is 0 Å². The SMILES string of the molecule is [C-]#[N+]c1cccc(Cc2ccc(-c3c([N+]#[C-])c(CC)n(C)c3C(=O)OCC)cc2)c1. The molecule has 0 bridgehead atoms. The van der Waals surface area contributed by atoms with Crippen LogP contribution in [0.5, 0.6) is 0 Å². The van der Waals surface area contributed by atoms with Gasteiger partial charge in [-0.2, -0.15) is 0 Å². The van der Waals surface area contributed by atoms with Gasteiger partial charge in [0.1, 0.15) is 5.69 Å². The Balaban J connectivity index is 2.02. The van der Waals surface area contributed by atoms with Crippen LogP contribution in [-0.2, 0) is 24.6 Å². The van der Waals surface area contributed by atoms with Crippen LogP contribution < -0.4 is 0 Å². The zero-order valence-corrected chi connectivity index (χ0v) is 17.4. The first-order valence-electron chi connectivity index (χ1n) is 9.85. The highest BCUT2D eigenvalue weighted by atomic mass is 16.5. The lowest BCUT2D eigenvalue weighted by Crippen LogP contribution is -2.12. The number of carbonyl (C=O) groups excluding carboxylic acids is 1. The molecule has 0 saturated heterocycles. The van der Waals surface area contributed by atoms with Gasteiger partial charge in [-0.05, 0) is 30.9 Å². The van der Waals surface area contributed by atoms with Crippen molar-refractivity contribution in [1.29, 1.82) is 0 Å². The first-order chi connectivity index (χ1) is 14.5. The van der Waals surface area contributed by atoms with Crippen LogP contribution in [-0.4, -0.2) is 17.1 Å². The zero-order chi connectivity index (χ0) is 21.7. The number of ether oxygens (including phenoxy) is 1. The maximum Gasteiger partial charge on any atom is 0.354 e. The molecule has 0 aliphatic rings. The molecule has 1 aromatic heterocycles. The Bertz CT molecular complexity index is 1160. The molecule has 0 aliphatic carbocycles. The van der Waals surface area contributed by atoms with Crippen molar-refractivity contribution in [3.63, 3.8) is 0 Å². The van der Waals surface area contributed by atoms with Crippen molar-refractivity contribution in [2.45, 2.75) is 26.7 Å². The van der Waals surface area contributed by atoms with Crippen molar-refractivity contribution < 1.29 is 9.53 Å². The minimum Gasteiger partial charge on any atom is -0.461 e. The molecule has 0 N–H and O–H groups in total. The predicted octanol–water partition coefficient (Wildman–Crippen LogP) is 6.12. The molecule has 0 fully saturated rings. The Labute approximate surface area is 177 Å². The van der Waals surface area contributed by atoms with Gasteiger partial charge >= 0.3 is 5.97 Å². The Hall–Kier alpha value is -3.83. The Morgan fingerprint density at radius 3 is 2.37 bits per heavy atom. The van der Waals surface area contributed by atoms with Gasteiger partial charge in [-0.3, -0.25) is 0 Å². The van der Waals surface area contributed by atoms with E-state index in [0.29, 0.717) is 35.5 Å². The van der Waals surface area contributed by atoms with E-state index in [1.807, 2.05) is 56.4 Å². The summed E-state index contributed by atoms with van der Waals surface area (Å²) in [6, 6.07) is 15.5. The number of hydrogen-bond donors (Lipinski definition) is 0. The van der Waals surface area contributed by atoms with E-state index < -0.39 is 5.97 Å². The van der Waals surface area contributed by atoms with Crippen molar-refractivity contribution in [3.8, 4) is 11.1 Å². The fourth-order valence-electron chi connectivity index (χ4n) is 3.72. The van der Waals surface area contributed by atoms with E-state index in [-0.39, 0.29) is 6.61 Å². The molecule has 1 heterocycles. The Morgan fingerprint density at radius 2 is 1.77 bits per heavy atom. The molecule has 0 amide bonds. The van der Waals surface area contributed by atoms with Crippen LogP contribution in [0.4, 0.5) is 11.4 Å². The third kappa shape index (κ3) is 3.97. The highest BCUT2D eigenvalue weighted by Gasteiger charge is 2.26. The second-order valence-electron chi connectivity index (χ2n) is 6.92. The van der Waals surface area contributed by atoms with Crippen LogP contribution in [0.3, 0.4) is 0 Å². The molecule has 3 rings (SSSR count). The van der Waals surface area contributed by atoms with Crippen LogP contribution in [0, 0.1) is 13.1 Å². The standard InChI is InChI=1S/C25H23N3O2/c1-6-21-23(27-4)22(24(28(21)5)25(29)30-7-2)19-13-11-17(12-14-19)15-18-9-8-10-20(16-18)26-3/h8-14,16H,6-7,15H2,1-2,5H3. The van der Waals surface area contributed by atoms with Crippen LogP contribution in [0.15, 0.2) is 48.5 Å². The number of carbonyl (C=O) groups is 1. The molecular weight excluding hydrogens is 374 g/mol.